The molecule has 3 heterocycles. The molecule has 200 valence electrons. The second kappa shape index (κ2) is 10.2. The lowest BCUT2D eigenvalue weighted by Crippen LogP contribution is -2.61. The summed E-state index contributed by atoms with van der Waals surface area (Å²) in [4.78, 5) is 43.0. The number of halogens is 1. The normalized spacial score (nSPS) is 34.1. The van der Waals surface area contributed by atoms with Crippen molar-refractivity contribution in [3.05, 3.63) is 0 Å². The van der Waals surface area contributed by atoms with E-state index in [1.165, 1.54) is 0 Å². The number of hydrogen-bond acceptors (Lipinski definition) is 6. The quantitative estimate of drug-likeness (QED) is 0.321. The van der Waals surface area contributed by atoms with Gasteiger partial charge >= 0.3 is 5.97 Å². The first-order valence-corrected chi connectivity index (χ1v) is 14.7. The third kappa shape index (κ3) is 5.15. The van der Waals surface area contributed by atoms with E-state index in [0.29, 0.717) is 6.42 Å². The van der Waals surface area contributed by atoms with Gasteiger partial charge in [0.2, 0.25) is 11.8 Å². The average molecular weight is 576 g/mol. The number of alkyl halides is 1. The lowest BCUT2D eigenvalue weighted by Gasteiger charge is -2.41. The number of aliphatic hydroxyl groups is 1. The Labute approximate surface area is 223 Å². The van der Waals surface area contributed by atoms with Gasteiger partial charge in [0.15, 0.2) is 0 Å². The zero-order valence-electron chi connectivity index (χ0n) is 22.4. The van der Waals surface area contributed by atoms with E-state index < -0.39 is 34.2 Å². The van der Waals surface area contributed by atoms with Crippen molar-refractivity contribution in [2.45, 2.75) is 107 Å². The lowest BCUT2D eigenvalue weighted by atomic mass is 9.71. The van der Waals surface area contributed by atoms with E-state index in [4.69, 9.17) is 4.74 Å². The SMILES string of the molecule is CCOC(=O)[C@H]1[C@@H]2SC3(CC2Br)C(C(=O)NC(C)(C)CC(C)(C)C)N([C@@H](CO)[C@@H](C)CC)C(=O)[C@H]13. The largest absolute Gasteiger partial charge is 0.466 e. The molecule has 0 aromatic carbocycles. The Hall–Kier alpha value is -0.800. The summed E-state index contributed by atoms with van der Waals surface area (Å²) in [6.07, 6.45) is 2.14. The first kappa shape index (κ1) is 28.8. The van der Waals surface area contributed by atoms with Gasteiger partial charge in [-0.3, -0.25) is 14.4 Å². The lowest BCUT2D eigenvalue weighted by molar-refractivity contribution is -0.154. The van der Waals surface area contributed by atoms with Crippen LogP contribution in [0.15, 0.2) is 0 Å². The highest BCUT2D eigenvalue weighted by Gasteiger charge is 2.76. The van der Waals surface area contributed by atoms with Crippen LogP contribution in [-0.2, 0) is 19.1 Å². The van der Waals surface area contributed by atoms with Crippen LogP contribution in [-0.4, -0.2) is 73.5 Å². The van der Waals surface area contributed by atoms with Gasteiger partial charge in [0.1, 0.15) is 6.04 Å². The number of carbonyl (C=O) groups is 3. The standard InChI is InChI=1S/C26H43BrN2O5S/c1-9-14(3)16(12-30)29-20(21(31)28-25(7,8)13-24(4,5)6)26-11-15(27)19(35-26)17(18(26)22(29)32)23(33)34-10-2/h14-20,30H,9-13H2,1-8H3,(H,28,31)/t14-,15?,16-,17+,18-,19+,20?,26?/m0/s1. The zero-order valence-corrected chi connectivity index (χ0v) is 24.8. The third-order valence-electron chi connectivity index (χ3n) is 7.81. The molecule has 3 unspecified atom stereocenters. The van der Waals surface area contributed by atoms with Crippen molar-refractivity contribution >= 4 is 45.5 Å². The van der Waals surface area contributed by atoms with E-state index in [2.05, 4.69) is 42.0 Å². The van der Waals surface area contributed by atoms with Crippen LogP contribution in [0.25, 0.3) is 0 Å². The van der Waals surface area contributed by atoms with Crippen molar-refractivity contribution < 1.29 is 24.2 Å². The highest BCUT2D eigenvalue weighted by molar-refractivity contribution is 9.09. The first-order chi connectivity index (χ1) is 16.1. The van der Waals surface area contributed by atoms with E-state index in [9.17, 15) is 19.5 Å². The molecular formula is C26H43BrN2O5S. The van der Waals surface area contributed by atoms with Crippen molar-refractivity contribution in [1.82, 2.24) is 10.2 Å². The number of amides is 2. The Morgan fingerprint density at radius 3 is 2.43 bits per heavy atom. The minimum absolute atomic E-state index is 0.0000309. The number of ether oxygens (including phenoxy) is 1. The maximum absolute atomic E-state index is 14.1. The predicted octanol–water partition coefficient (Wildman–Crippen LogP) is 3.75. The minimum atomic E-state index is -0.764. The summed E-state index contributed by atoms with van der Waals surface area (Å²) in [5.41, 5.74) is -0.483. The van der Waals surface area contributed by atoms with Crippen LogP contribution in [0, 0.1) is 23.2 Å². The number of thioether (sulfide) groups is 1. The number of hydrogen-bond donors (Lipinski definition) is 2. The van der Waals surface area contributed by atoms with Gasteiger partial charge in [-0.15, -0.1) is 11.8 Å². The van der Waals surface area contributed by atoms with Crippen LogP contribution in [0.3, 0.4) is 0 Å². The van der Waals surface area contributed by atoms with Crippen LogP contribution in [0.1, 0.15) is 74.7 Å². The van der Waals surface area contributed by atoms with E-state index in [0.717, 1.165) is 12.8 Å². The Balaban J connectivity index is 2.08. The Morgan fingerprint density at radius 2 is 1.91 bits per heavy atom. The maximum atomic E-state index is 14.1. The van der Waals surface area contributed by atoms with Gasteiger partial charge in [0, 0.05) is 15.6 Å². The van der Waals surface area contributed by atoms with Crippen molar-refractivity contribution in [1.29, 1.82) is 0 Å². The first-order valence-electron chi connectivity index (χ1n) is 12.9. The molecule has 3 aliphatic heterocycles. The molecule has 3 saturated heterocycles. The predicted molar refractivity (Wildman–Crippen MR) is 142 cm³/mol. The number of aliphatic hydroxyl groups excluding tert-OH is 1. The fourth-order valence-corrected chi connectivity index (χ4v) is 10.4. The molecule has 0 aliphatic carbocycles. The summed E-state index contributed by atoms with van der Waals surface area (Å²) in [5.74, 6) is -2.01. The summed E-state index contributed by atoms with van der Waals surface area (Å²) in [5, 5.41) is 13.5. The monoisotopic (exact) mass is 574 g/mol. The summed E-state index contributed by atoms with van der Waals surface area (Å²) in [6, 6.07) is -1.26. The Kier molecular flexibility index (Phi) is 8.35. The summed E-state index contributed by atoms with van der Waals surface area (Å²) >= 11 is 5.36. The number of nitrogens with zero attached hydrogens (tertiary/aromatic N) is 1. The number of carbonyl (C=O) groups excluding carboxylic acids is 3. The van der Waals surface area contributed by atoms with Gasteiger partial charge in [0.05, 0.1) is 35.8 Å². The van der Waals surface area contributed by atoms with Crippen LogP contribution >= 0.6 is 27.7 Å². The topological polar surface area (TPSA) is 95.9 Å². The summed E-state index contributed by atoms with van der Waals surface area (Å²) < 4.78 is 4.67. The Bertz CT molecular complexity index is 846. The molecule has 3 rings (SSSR count). The minimum Gasteiger partial charge on any atom is -0.466 e. The van der Waals surface area contributed by atoms with Gasteiger partial charge in [-0.1, -0.05) is 57.0 Å². The average Bonchev–Trinajstić information content (AvgIpc) is 3.30. The van der Waals surface area contributed by atoms with Crippen molar-refractivity contribution in [2.24, 2.45) is 23.2 Å². The molecule has 2 amide bonds. The fraction of sp³-hybridized carbons (Fsp3) is 0.885. The van der Waals surface area contributed by atoms with Gasteiger partial charge in [-0.05, 0) is 44.9 Å². The second-order valence-corrected chi connectivity index (χ2v) is 15.1. The molecular weight excluding hydrogens is 532 g/mol. The number of fused-ring (bicyclic) bond motifs is 1. The van der Waals surface area contributed by atoms with Crippen molar-refractivity contribution in [3.8, 4) is 0 Å². The summed E-state index contributed by atoms with van der Waals surface area (Å²) in [6.45, 7) is 16.2. The molecule has 3 fully saturated rings. The molecule has 9 heteroatoms. The molecule has 0 aromatic rings. The molecule has 1 spiro atoms. The van der Waals surface area contributed by atoms with Gasteiger partial charge in [-0.25, -0.2) is 0 Å². The molecule has 0 aromatic heterocycles. The number of nitrogens with one attached hydrogen (secondary N) is 1. The fourth-order valence-electron chi connectivity index (χ4n) is 6.82. The van der Waals surface area contributed by atoms with Gasteiger partial charge in [0.25, 0.3) is 0 Å². The van der Waals surface area contributed by atoms with E-state index in [-0.39, 0.29) is 52.4 Å². The maximum Gasteiger partial charge on any atom is 0.310 e. The highest BCUT2D eigenvalue weighted by atomic mass is 79.9. The summed E-state index contributed by atoms with van der Waals surface area (Å²) in [7, 11) is 0. The van der Waals surface area contributed by atoms with Gasteiger partial charge < -0.3 is 20.1 Å². The van der Waals surface area contributed by atoms with Crippen molar-refractivity contribution in [3.63, 3.8) is 0 Å². The third-order valence-corrected chi connectivity index (χ3v) is 11.0. The van der Waals surface area contributed by atoms with Crippen molar-refractivity contribution in [2.75, 3.05) is 13.2 Å². The van der Waals surface area contributed by atoms with Crippen LogP contribution in [0.5, 0.6) is 0 Å². The van der Waals surface area contributed by atoms with E-state index in [1.54, 1.807) is 23.6 Å². The molecule has 7 nitrogen and oxygen atoms in total. The number of esters is 1. The van der Waals surface area contributed by atoms with Crippen LogP contribution < -0.4 is 5.32 Å². The molecule has 8 atom stereocenters. The number of likely N-dealkylation sites (tertiary alicyclic amines) is 1. The molecule has 2 N–H and O–H groups in total. The second-order valence-electron chi connectivity index (χ2n) is 12.4. The zero-order chi connectivity index (χ0) is 26.5. The molecule has 35 heavy (non-hydrogen) atoms. The number of rotatable bonds is 9. The van der Waals surface area contributed by atoms with E-state index in [1.807, 2.05) is 27.7 Å². The highest BCUT2D eigenvalue weighted by Crippen LogP contribution is 2.68. The van der Waals surface area contributed by atoms with Crippen LogP contribution in [0.4, 0.5) is 0 Å². The Morgan fingerprint density at radius 1 is 1.29 bits per heavy atom. The molecule has 0 radical (unpaired) electrons. The van der Waals surface area contributed by atoms with E-state index >= 15 is 0 Å². The van der Waals surface area contributed by atoms with Gasteiger partial charge in [-0.2, -0.15) is 0 Å². The molecule has 2 bridgehead atoms. The smallest absolute Gasteiger partial charge is 0.310 e. The van der Waals surface area contributed by atoms with Crippen LogP contribution in [0.2, 0.25) is 0 Å². The molecule has 3 aliphatic rings. The molecule has 0 saturated carbocycles.